The van der Waals surface area contributed by atoms with Gasteiger partial charge in [0.15, 0.2) is 0 Å². The van der Waals surface area contributed by atoms with Gasteiger partial charge in [-0.2, -0.15) is 5.26 Å². The van der Waals surface area contributed by atoms with E-state index in [4.69, 9.17) is 27.9 Å². The molecule has 0 atom stereocenters. The van der Waals surface area contributed by atoms with E-state index in [0.29, 0.717) is 22.6 Å². The van der Waals surface area contributed by atoms with Crippen molar-refractivity contribution in [3.8, 4) is 11.8 Å². The van der Waals surface area contributed by atoms with Gasteiger partial charge in [-0.3, -0.25) is 4.79 Å². The van der Waals surface area contributed by atoms with Crippen molar-refractivity contribution in [1.82, 2.24) is 0 Å². The van der Waals surface area contributed by atoms with Crippen LogP contribution >= 0.6 is 23.2 Å². The lowest BCUT2D eigenvalue weighted by atomic mass is 10.0. The van der Waals surface area contributed by atoms with Crippen LogP contribution in [0.4, 0.5) is 5.69 Å². The van der Waals surface area contributed by atoms with E-state index in [2.05, 4.69) is 5.32 Å². The van der Waals surface area contributed by atoms with E-state index in [9.17, 15) is 14.9 Å². The number of rotatable bonds is 5. The molecule has 4 rings (SSSR count). The Morgan fingerprint density at radius 2 is 1.59 bits per heavy atom. The number of amides is 1. The standard InChI is InChI=1S/C27H16Cl2N2O3/c28-23-9-4-10-24(25(23)29)31-26(32)19(16-30)15-17-11-13-20(14-12-17)34-27(33)22-8-3-6-18-5-1-2-7-21(18)22/h1-15H,(H,31,32)/b19-15+. The molecule has 34 heavy (non-hydrogen) atoms. The Kier molecular flexibility index (Phi) is 6.93. The smallest absolute Gasteiger partial charge is 0.344 e. The Morgan fingerprint density at radius 1 is 0.882 bits per heavy atom. The van der Waals surface area contributed by atoms with E-state index in [1.54, 1.807) is 54.6 Å². The Hall–Kier alpha value is -4.11. The Labute approximate surface area is 205 Å². The predicted octanol–water partition coefficient (Wildman–Crippen LogP) is 6.91. The largest absolute Gasteiger partial charge is 0.423 e. The zero-order valence-electron chi connectivity index (χ0n) is 17.6. The molecular weight excluding hydrogens is 471 g/mol. The quantitative estimate of drug-likeness (QED) is 0.144. The van der Waals surface area contributed by atoms with Crippen LogP contribution in [0.1, 0.15) is 15.9 Å². The van der Waals surface area contributed by atoms with Crippen LogP contribution in [0.2, 0.25) is 10.0 Å². The number of nitrogens with zero attached hydrogens (tertiary/aromatic N) is 1. The molecule has 4 aromatic carbocycles. The average molecular weight is 487 g/mol. The summed E-state index contributed by atoms with van der Waals surface area (Å²) in [6.45, 7) is 0. The molecule has 0 aromatic heterocycles. The Bertz CT molecular complexity index is 1470. The van der Waals surface area contributed by atoms with Crippen molar-refractivity contribution >= 4 is 57.6 Å². The molecule has 1 amide bonds. The molecule has 1 N–H and O–H groups in total. The van der Waals surface area contributed by atoms with Crippen molar-refractivity contribution < 1.29 is 14.3 Å². The van der Waals surface area contributed by atoms with Crippen molar-refractivity contribution in [3.05, 3.63) is 112 Å². The van der Waals surface area contributed by atoms with E-state index < -0.39 is 11.9 Å². The number of fused-ring (bicyclic) bond motifs is 1. The van der Waals surface area contributed by atoms with Crippen LogP contribution in [0.3, 0.4) is 0 Å². The van der Waals surface area contributed by atoms with Gasteiger partial charge in [0.25, 0.3) is 5.91 Å². The van der Waals surface area contributed by atoms with Crippen LogP contribution in [0.5, 0.6) is 5.75 Å². The van der Waals surface area contributed by atoms with Crippen molar-refractivity contribution in [2.75, 3.05) is 5.32 Å². The third-order valence-electron chi connectivity index (χ3n) is 4.98. The average Bonchev–Trinajstić information content (AvgIpc) is 2.85. The molecule has 0 bridgehead atoms. The van der Waals surface area contributed by atoms with Crippen molar-refractivity contribution in [2.45, 2.75) is 0 Å². The van der Waals surface area contributed by atoms with Gasteiger partial charge in [0, 0.05) is 0 Å². The highest BCUT2D eigenvalue weighted by molar-refractivity contribution is 6.44. The van der Waals surface area contributed by atoms with Gasteiger partial charge in [-0.1, -0.05) is 77.8 Å². The number of ether oxygens (including phenoxy) is 1. The summed E-state index contributed by atoms with van der Waals surface area (Å²) < 4.78 is 5.51. The first-order valence-electron chi connectivity index (χ1n) is 10.1. The minimum Gasteiger partial charge on any atom is -0.423 e. The van der Waals surface area contributed by atoms with E-state index >= 15 is 0 Å². The van der Waals surface area contributed by atoms with E-state index in [1.807, 2.05) is 36.4 Å². The predicted molar refractivity (Wildman–Crippen MR) is 134 cm³/mol. The number of anilines is 1. The topological polar surface area (TPSA) is 79.2 Å². The maximum absolute atomic E-state index is 12.7. The molecule has 0 aliphatic rings. The number of nitriles is 1. The molecule has 0 aliphatic carbocycles. The fraction of sp³-hybridized carbons (Fsp3) is 0. The van der Waals surface area contributed by atoms with Crippen LogP contribution in [-0.4, -0.2) is 11.9 Å². The van der Waals surface area contributed by atoms with Crippen molar-refractivity contribution in [1.29, 1.82) is 5.26 Å². The van der Waals surface area contributed by atoms with Crippen LogP contribution < -0.4 is 10.1 Å². The van der Waals surface area contributed by atoms with Gasteiger partial charge in [-0.05, 0) is 52.7 Å². The van der Waals surface area contributed by atoms with Gasteiger partial charge in [0.2, 0.25) is 0 Å². The number of benzene rings is 4. The van der Waals surface area contributed by atoms with Gasteiger partial charge >= 0.3 is 5.97 Å². The number of esters is 1. The van der Waals surface area contributed by atoms with Crippen LogP contribution in [0, 0.1) is 11.3 Å². The number of hydrogen-bond acceptors (Lipinski definition) is 4. The van der Waals surface area contributed by atoms with Crippen LogP contribution in [0.15, 0.2) is 90.5 Å². The molecular formula is C27H16Cl2N2O3. The fourth-order valence-electron chi connectivity index (χ4n) is 3.30. The number of halogens is 2. The summed E-state index contributed by atoms with van der Waals surface area (Å²) in [6.07, 6.45) is 1.42. The molecule has 0 fully saturated rings. The summed E-state index contributed by atoms with van der Waals surface area (Å²) in [5.74, 6) is -0.766. The first kappa shape index (κ1) is 23.1. The normalized spacial score (nSPS) is 11.0. The van der Waals surface area contributed by atoms with Gasteiger partial charge in [0.1, 0.15) is 17.4 Å². The second-order valence-corrected chi connectivity index (χ2v) is 8.00. The zero-order chi connectivity index (χ0) is 24.1. The number of hydrogen-bond donors (Lipinski definition) is 1. The van der Waals surface area contributed by atoms with Gasteiger partial charge in [-0.15, -0.1) is 0 Å². The highest BCUT2D eigenvalue weighted by atomic mass is 35.5. The molecule has 7 heteroatoms. The Morgan fingerprint density at radius 3 is 2.35 bits per heavy atom. The minimum absolute atomic E-state index is 0.128. The molecule has 0 unspecified atom stereocenters. The maximum Gasteiger partial charge on any atom is 0.344 e. The van der Waals surface area contributed by atoms with E-state index in [1.165, 1.54) is 6.08 Å². The fourth-order valence-corrected chi connectivity index (χ4v) is 3.65. The van der Waals surface area contributed by atoms with Gasteiger partial charge in [-0.25, -0.2) is 4.79 Å². The number of carbonyl (C=O) groups excluding carboxylic acids is 2. The summed E-state index contributed by atoms with van der Waals surface area (Å²) >= 11 is 12.1. The molecule has 0 radical (unpaired) electrons. The highest BCUT2D eigenvalue weighted by Gasteiger charge is 2.14. The molecule has 0 spiro atoms. The van der Waals surface area contributed by atoms with Gasteiger partial charge in [0.05, 0.1) is 21.3 Å². The number of carbonyl (C=O) groups is 2. The second kappa shape index (κ2) is 10.2. The lowest BCUT2D eigenvalue weighted by Crippen LogP contribution is -2.13. The highest BCUT2D eigenvalue weighted by Crippen LogP contribution is 2.30. The Balaban J connectivity index is 1.49. The summed E-state index contributed by atoms with van der Waals surface area (Å²) in [6, 6.07) is 26.2. The second-order valence-electron chi connectivity index (χ2n) is 7.21. The lowest BCUT2D eigenvalue weighted by Gasteiger charge is -2.08. The van der Waals surface area contributed by atoms with E-state index in [-0.39, 0.29) is 15.6 Å². The summed E-state index contributed by atoms with van der Waals surface area (Å²) in [5.41, 5.74) is 1.21. The van der Waals surface area contributed by atoms with Crippen LogP contribution in [0.25, 0.3) is 16.8 Å². The number of nitrogens with one attached hydrogen (secondary N) is 1. The molecule has 4 aromatic rings. The molecule has 0 saturated carbocycles. The summed E-state index contributed by atoms with van der Waals surface area (Å²) in [7, 11) is 0. The van der Waals surface area contributed by atoms with Gasteiger partial charge < -0.3 is 10.1 Å². The molecule has 0 heterocycles. The summed E-state index contributed by atoms with van der Waals surface area (Å²) in [5, 5.41) is 14.2. The zero-order valence-corrected chi connectivity index (χ0v) is 19.1. The molecule has 166 valence electrons. The van der Waals surface area contributed by atoms with Crippen LogP contribution in [-0.2, 0) is 4.79 Å². The lowest BCUT2D eigenvalue weighted by molar-refractivity contribution is -0.112. The first-order chi connectivity index (χ1) is 16.5. The molecule has 5 nitrogen and oxygen atoms in total. The third kappa shape index (κ3) is 5.10. The first-order valence-corrected chi connectivity index (χ1v) is 10.9. The monoisotopic (exact) mass is 486 g/mol. The minimum atomic E-state index is -0.627. The molecule has 0 saturated heterocycles. The van der Waals surface area contributed by atoms with E-state index in [0.717, 1.165) is 10.8 Å². The molecule has 0 aliphatic heterocycles. The summed E-state index contributed by atoms with van der Waals surface area (Å²) in [4.78, 5) is 25.2. The van der Waals surface area contributed by atoms with Crippen molar-refractivity contribution in [3.63, 3.8) is 0 Å². The maximum atomic E-state index is 12.7. The SMILES string of the molecule is N#C/C(=C\c1ccc(OC(=O)c2cccc3ccccc23)cc1)C(=O)Nc1cccc(Cl)c1Cl. The third-order valence-corrected chi connectivity index (χ3v) is 5.79. The van der Waals surface area contributed by atoms with Crippen molar-refractivity contribution in [2.24, 2.45) is 0 Å².